The number of aliphatic hydroxyl groups is 1. The number of likely N-dealkylation sites (N-methyl/N-ethyl adjacent to an activating group) is 1. The summed E-state index contributed by atoms with van der Waals surface area (Å²) in [7, 11) is 3.85. The number of rotatable bonds is 7. The van der Waals surface area contributed by atoms with Crippen LogP contribution in [0.2, 0.25) is 0 Å². The fourth-order valence-electron chi connectivity index (χ4n) is 4.55. The number of ether oxygens (including phenoxy) is 3. The monoisotopic (exact) mass is 478 g/mol. The van der Waals surface area contributed by atoms with Crippen LogP contribution in [0, 0.1) is 5.92 Å². The van der Waals surface area contributed by atoms with E-state index in [-0.39, 0.29) is 42.0 Å². The van der Waals surface area contributed by atoms with Crippen LogP contribution in [0.5, 0.6) is 0 Å². The summed E-state index contributed by atoms with van der Waals surface area (Å²) in [5.41, 5.74) is -0.496. The number of nitrogens with zero attached hydrogens (tertiary/aromatic N) is 3. The lowest BCUT2D eigenvalue weighted by Crippen LogP contribution is -2.55. The number of aromatic nitrogens is 2. The highest BCUT2D eigenvalue weighted by atomic mass is 16.7. The topological polar surface area (TPSA) is 115 Å². The molecular weight excluding hydrogens is 440 g/mol. The summed E-state index contributed by atoms with van der Waals surface area (Å²) >= 11 is 0. The van der Waals surface area contributed by atoms with Crippen LogP contribution in [0.4, 0.5) is 5.82 Å². The van der Waals surface area contributed by atoms with Gasteiger partial charge in [-0.3, -0.25) is 9.36 Å². The lowest BCUT2D eigenvalue weighted by atomic mass is 9.98. The van der Waals surface area contributed by atoms with Crippen LogP contribution in [0.3, 0.4) is 0 Å². The molecule has 1 unspecified atom stereocenters. The van der Waals surface area contributed by atoms with Crippen molar-refractivity contribution in [1.29, 1.82) is 0 Å². The van der Waals surface area contributed by atoms with Crippen molar-refractivity contribution in [3.05, 3.63) is 34.9 Å². The SMILES string of the molecule is CC(C)/C=C/C(=O)Nc1ccn([C@H]2CC[C@H](OC3C[C@H](O)[C@H](N(C)C)[C@@H](C)O3)[C@@H](C)O2)c(=O)n1. The normalized spacial score (nSPS) is 32.4. The van der Waals surface area contributed by atoms with E-state index in [4.69, 9.17) is 14.2 Å². The number of nitrogens with one attached hydrogen (secondary N) is 1. The van der Waals surface area contributed by atoms with Gasteiger partial charge in [-0.05, 0) is 58.8 Å². The molecule has 0 saturated carbocycles. The van der Waals surface area contributed by atoms with E-state index >= 15 is 0 Å². The largest absolute Gasteiger partial charge is 0.391 e. The third-order valence-electron chi connectivity index (χ3n) is 6.22. The summed E-state index contributed by atoms with van der Waals surface area (Å²) in [6, 6.07) is 1.50. The second kappa shape index (κ2) is 11.5. The summed E-state index contributed by atoms with van der Waals surface area (Å²) in [5.74, 6) is 0.114. The van der Waals surface area contributed by atoms with Crippen molar-refractivity contribution >= 4 is 11.7 Å². The van der Waals surface area contributed by atoms with Crippen molar-refractivity contribution in [2.24, 2.45) is 5.92 Å². The van der Waals surface area contributed by atoms with Gasteiger partial charge in [0.2, 0.25) is 5.91 Å². The van der Waals surface area contributed by atoms with Crippen molar-refractivity contribution < 1.29 is 24.1 Å². The Balaban J connectivity index is 1.56. The molecule has 10 nitrogen and oxygen atoms in total. The number of hydrogen-bond donors (Lipinski definition) is 2. The molecule has 1 aromatic heterocycles. The van der Waals surface area contributed by atoms with Crippen molar-refractivity contribution in [1.82, 2.24) is 14.5 Å². The third-order valence-corrected chi connectivity index (χ3v) is 6.22. The molecule has 10 heteroatoms. The summed E-state index contributed by atoms with van der Waals surface area (Å²) < 4.78 is 19.7. The summed E-state index contributed by atoms with van der Waals surface area (Å²) in [6.07, 6.45) is 4.21. The predicted octanol–water partition coefficient (Wildman–Crippen LogP) is 1.90. The Kier molecular flexibility index (Phi) is 9.00. The maximum atomic E-state index is 12.6. The standard InChI is InChI=1S/C24H38N4O6/c1-14(2)7-9-20(30)25-19-11-12-28(24(31)26-19)21-10-8-18(15(3)32-21)34-22-13-17(29)23(27(5)6)16(4)33-22/h7,9,11-12,14-18,21-23,29H,8,10,13H2,1-6H3,(H,25,26,30,31)/b9-7+/t15-,16-,17+,18+,21-,22?,23-/m1/s1. The number of allylic oxidation sites excluding steroid dienone is 1. The van der Waals surface area contributed by atoms with Crippen molar-refractivity contribution in [2.45, 2.75) is 89.9 Å². The summed E-state index contributed by atoms with van der Waals surface area (Å²) in [6.45, 7) is 7.77. The minimum absolute atomic E-state index is 0.0809. The van der Waals surface area contributed by atoms with Gasteiger partial charge in [-0.1, -0.05) is 19.9 Å². The van der Waals surface area contributed by atoms with Gasteiger partial charge in [0.1, 0.15) is 12.0 Å². The first kappa shape index (κ1) is 26.5. The zero-order chi connectivity index (χ0) is 25.0. The number of aliphatic hydroxyl groups excluding tert-OH is 1. The highest BCUT2D eigenvalue weighted by Crippen LogP contribution is 2.31. The van der Waals surface area contributed by atoms with Gasteiger partial charge in [-0.25, -0.2) is 4.79 Å². The van der Waals surface area contributed by atoms with Gasteiger partial charge in [0.05, 0.1) is 30.5 Å². The van der Waals surface area contributed by atoms with E-state index < -0.39 is 24.3 Å². The van der Waals surface area contributed by atoms with E-state index in [2.05, 4.69) is 10.3 Å². The van der Waals surface area contributed by atoms with Gasteiger partial charge >= 0.3 is 5.69 Å². The molecule has 2 saturated heterocycles. The summed E-state index contributed by atoms with van der Waals surface area (Å²) in [4.78, 5) is 30.4. The molecule has 3 heterocycles. The average Bonchev–Trinajstić information content (AvgIpc) is 2.73. The van der Waals surface area contributed by atoms with Crippen LogP contribution in [-0.2, 0) is 19.0 Å². The van der Waals surface area contributed by atoms with Gasteiger partial charge in [0, 0.05) is 12.6 Å². The maximum Gasteiger partial charge on any atom is 0.351 e. The highest BCUT2D eigenvalue weighted by Gasteiger charge is 2.40. The Bertz CT molecular complexity index is 905. The Morgan fingerprint density at radius 1 is 1.29 bits per heavy atom. The molecule has 2 N–H and O–H groups in total. The van der Waals surface area contributed by atoms with E-state index in [1.165, 1.54) is 10.6 Å². The van der Waals surface area contributed by atoms with E-state index in [0.29, 0.717) is 19.3 Å². The second-order valence-electron chi connectivity index (χ2n) is 9.67. The Labute approximate surface area is 200 Å². The zero-order valence-corrected chi connectivity index (χ0v) is 20.9. The Morgan fingerprint density at radius 3 is 2.62 bits per heavy atom. The third kappa shape index (κ3) is 6.73. The molecule has 1 amide bonds. The number of carbonyl (C=O) groups excluding carboxylic acids is 1. The molecule has 2 aliphatic heterocycles. The second-order valence-corrected chi connectivity index (χ2v) is 9.67. The van der Waals surface area contributed by atoms with Crippen LogP contribution in [0.15, 0.2) is 29.2 Å². The van der Waals surface area contributed by atoms with Crippen LogP contribution < -0.4 is 11.0 Å². The van der Waals surface area contributed by atoms with Gasteiger partial charge in [0.25, 0.3) is 0 Å². The molecule has 3 rings (SSSR count). The summed E-state index contributed by atoms with van der Waals surface area (Å²) in [5, 5.41) is 13.1. The molecule has 0 aromatic carbocycles. The first-order valence-corrected chi connectivity index (χ1v) is 11.9. The quantitative estimate of drug-likeness (QED) is 0.571. The fraction of sp³-hybridized carbons (Fsp3) is 0.708. The fourth-order valence-corrected chi connectivity index (χ4v) is 4.55. The smallest absolute Gasteiger partial charge is 0.351 e. The van der Waals surface area contributed by atoms with E-state index in [1.54, 1.807) is 18.3 Å². The molecule has 0 bridgehead atoms. The molecule has 1 aromatic rings. The van der Waals surface area contributed by atoms with Crippen LogP contribution in [0.1, 0.15) is 53.2 Å². The molecule has 0 spiro atoms. The number of hydrogen-bond acceptors (Lipinski definition) is 8. The first-order valence-electron chi connectivity index (χ1n) is 11.9. The Hall–Kier alpha value is -2.11. The number of anilines is 1. The molecule has 0 aliphatic carbocycles. The van der Waals surface area contributed by atoms with Gasteiger partial charge in [0.15, 0.2) is 6.29 Å². The van der Waals surface area contributed by atoms with E-state index in [9.17, 15) is 14.7 Å². The molecular formula is C24H38N4O6. The first-order chi connectivity index (χ1) is 16.0. The van der Waals surface area contributed by atoms with E-state index in [1.807, 2.05) is 46.7 Å². The number of carbonyl (C=O) groups is 1. The predicted molar refractivity (Wildman–Crippen MR) is 127 cm³/mol. The molecule has 190 valence electrons. The highest BCUT2D eigenvalue weighted by molar-refractivity contribution is 5.98. The maximum absolute atomic E-state index is 12.6. The van der Waals surface area contributed by atoms with Crippen molar-refractivity contribution in [3.8, 4) is 0 Å². The minimum Gasteiger partial charge on any atom is -0.391 e. The molecule has 34 heavy (non-hydrogen) atoms. The van der Waals surface area contributed by atoms with Crippen molar-refractivity contribution in [3.63, 3.8) is 0 Å². The Morgan fingerprint density at radius 2 is 2.03 bits per heavy atom. The molecule has 0 radical (unpaired) electrons. The number of amides is 1. The lowest BCUT2D eigenvalue weighted by molar-refractivity contribution is -0.273. The van der Waals surface area contributed by atoms with E-state index in [0.717, 1.165) is 0 Å². The zero-order valence-electron chi connectivity index (χ0n) is 20.9. The lowest BCUT2D eigenvalue weighted by Gasteiger charge is -2.43. The van der Waals surface area contributed by atoms with Crippen LogP contribution in [-0.4, -0.2) is 76.3 Å². The van der Waals surface area contributed by atoms with Gasteiger partial charge in [-0.2, -0.15) is 4.98 Å². The minimum atomic E-state index is -0.541. The average molecular weight is 479 g/mol. The van der Waals surface area contributed by atoms with Crippen LogP contribution in [0.25, 0.3) is 0 Å². The van der Waals surface area contributed by atoms with Crippen molar-refractivity contribution in [2.75, 3.05) is 19.4 Å². The van der Waals surface area contributed by atoms with Crippen LogP contribution >= 0.6 is 0 Å². The molecule has 2 aliphatic rings. The van der Waals surface area contributed by atoms with Gasteiger partial charge in [-0.15, -0.1) is 0 Å². The van der Waals surface area contributed by atoms with Gasteiger partial charge < -0.3 is 29.5 Å². The molecule has 7 atom stereocenters. The molecule has 2 fully saturated rings.